The van der Waals surface area contributed by atoms with Crippen molar-refractivity contribution in [3.05, 3.63) is 17.1 Å². The highest BCUT2D eigenvalue weighted by Crippen LogP contribution is 2.38. The first-order valence-corrected chi connectivity index (χ1v) is 12.1. The summed E-state index contributed by atoms with van der Waals surface area (Å²) in [6.07, 6.45) is 12.7. The molecule has 1 unspecified atom stereocenters. The van der Waals surface area contributed by atoms with Crippen molar-refractivity contribution in [3.8, 4) is 0 Å². The molecule has 2 amide bonds. The monoisotopic (exact) mass is 410 g/mol. The van der Waals surface area contributed by atoms with Gasteiger partial charge in [0, 0.05) is 36.7 Å². The van der Waals surface area contributed by atoms with Gasteiger partial charge in [0.25, 0.3) is 0 Å². The highest BCUT2D eigenvalue weighted by atomic mass is 16.2. The Morgan fingerprint density at radius 3 is 2.50 bits per heavy atom. The fourth-order valence-corrected chi connectivity index (χ4v) is 5.76. The Balaban J connectivity index is 1.44. The third-order valence-corrected chi connectivity index (χ3v) is 7.81. The second kappa shape index (κ2) is 8.27. The van der Waals surface area contributed by atoms with Crippen molar-refractivity contribution < 1.29 is 9.59 Å². The van der Waals surface area contributed by atoms with Gasteiger partial charge in [0.05, 0.1) is 6.04 Å². The summed E-state index contributed by atoms with van der Waals surface area (Å²) in [6.45, 7) is 3.65. The van der Waals surface area contributed by atoms with Gasteiger partial charge in [-0.25, -0.2) is 9.97 Å². The number of anilines is 1. The average Bonchev–Trinajstić information content (AvgIpc) is 3.19. The van der Waals surface area contributed by atoms with Crippen molar-refractivity contribution >= 4 is 17.6 Å². The number of hydrogen-bond acceptors (Lipinski definition) is 4. The molecule has 1 aromatic heterocycles. The number of carbonyl (C=O) groups is 2. The zero-order valence-electron chi connectivity index (χ0n) is 18.2. The summed E-state index contributed by atoms with van der Waals surface area (Å²) >= 11 is 0. The maximum absolute atomic E-state index is 13.0. The maximum Gasteiger partial charge on any atom is 0.228 e. The number of carbonyl (C=O) groups excluding carboxylic acids is 2. The lowest BCUT2D eigenvalue weighted by molar-refractivity contribution is -0.139. The Bertz CT molecular complexity index is 829. The molecule has 6 nitrogen and oxygen atoms in total. The van der Waals surface area contributed by atoms with Gasteiger partial charge < -0.3 is 4.90 Å². The molecule has 1 aromatic rings. The van der Waals surface area contributed by atoms with Crippen LogP contribution in [0.4, 0.5) is 5.82 Å². The first-order chi connectivity index (χ1) is 14.6. The van der Waals surface area contributed by atoms with E-state index in [0.717, 1.165) is 68.1 Å². The van der Waals surface area contributed by atoms with Gasteiger partial charge in [0.2, 0.25) is 11.8 Å². The highest BCUT2D eigenvalue weighted by Gasteiger charge is 2.39. The van der Waals surface area contributed by atoms with Crippen LogP contribution in [-0.4, -0.2) is 39.8 Å². The van der Waals surface area contributed by atoms with Crippen LogP contribution in [0.25, 0.3) is 0 Å². The van der Waals surface area contributed by atoms with Crippen LogP contribution in [0.1, 0.15) is 93.8 Å². The predicted molar refractivity (Wildman–Crippen MR) is 115 cm³/mol. The minimum Gasteiger partial charge on any atom is -0.332 e. The van der Waals surface area contributed by atoms with Crippen LogP contribution in [-0.2, 0) is 16.0 Å². The highest BCUT2D eigenvalue weighted by molar-refractivity contribution is 5.95. The van der Waals surface area contributed by atoms with Crippen LogP contribution in [0, 0.1) is 18.8 Å². The number of aryl methyl sites for hydroxylation is 1. The van der Waals surface area contributed by atoms with Crippen LogP contribution in [0.15, 0.2) is 0 Å². The van der Waals surface area contributed by atoms with Crippen LogP contribution in [0.3, 0.4) is 0 Å². The van der Waals surface area contributed by atoms with Gasteiger partial charge in [0.15, 0.2) is 5.82 Å². The lowest BCUT2D eigenvalue weighted by Crippen LogP contribution is -2.41. The molecule has 0 spiro atoms. The van der Waals surface area contributed by atoms with E-state index in [0.29, 0.717) is 12.3 Å². The Morgan fingerprint density at radius 1 is 0.967 bits per heavy atom. The van der Waals surface area contributed by atoms with Gasteiger partial charge in [-0.1, -0.05) is 25.7 Å². The molecule has 0 N–H and O–H groups in total. The average molecular weight is 411 g/mol. The molecule has 3 heterocycles. The zero-order chi connectivity index (χ0) is 20.7. The summed E-state index contributed by atoms with van der Waals surface area (Å²) in [5, 5.41) is 0. The summed E-state index contributed by atoms with van der Waals surface area (Å²) in [5.41, 5.74) is 2.11. The molecule has 1 saturated heterocycles. The second-order valence-corrected chi connectivity index (χ2v) is 9.80. The van der Waals surface area contributed by atoms with Crippen LogP contribution >= 0.6 is 0 Å². The van der Waals surface area contributed by atoms with E-state index in [1.165, 1.54) is 38.5 Å². The number of fused-ring (bicyclic) bond motifs is 1. The second-order valence-electron chi connectivity index (χ2n) is 9.80. The van der Waals surface area contributed by atoms with Gasteiger partial charge in [-0.15, -0.1) is 0 Å². The summed E-state index contributed by atoms with van der Waals surface area (Å²) in [6, 6.07) is -0.0318. The van der Waals surface area contributed by atoms with E-state index >= 15 is 0 Å². The van der Waals surface area contributed by atoms with Gasteiger partial charge in [-0.3, -0.25) is 14.5 Å². The molecule has 30 heavy (non-hydrogen) atoms. The number of likely N-dealkylation sites (tertiary alicyclic amines) is 1. The third-order valence-electron chi connectivity index (χ3n) is 7.81. The number of amides is 2. The molecule has 162 valence electrons. The van der Waals surface area contributed by atoms with Crippen LogP contribution in [0.2, 0.25) is 0 Å². The lowest BCUT2D eigenvalue weighted by Gasteiger charge is -2.35. The Hall–Kier alpha value is -1.98. The van der Waals surface area contributed by atoms with Gasteiger partial charge in [0.1, 0.15) is 5.82 Å². The standard InChI is InChI=1S/C24H34N4O2/c1-16-19-12-13-21(29)28(15-17-7-3-2-4-8-17)23(19)26-22(25-16)20-11-6-14-27(20)24(30)18-9-5-10-18/h17-18,20H,2-15H2,1H3. The van der Waals surface area contributed by atoms with E-state index in [1.807, 2.05) is 16.7 Å². The Kier molecular flexibility index (Phi) is 5.50. The molecular formula is C24H34N4O2. The summed E-state index contributed by atoms with van der Waals surface area (Å²) in [7, 11) is 0. The van der Waals surface area contributed by atoms with Crippen LogP contribution in [0.5, 0.6) is 0 Å². The molecule has 2 aliphatic heterocycles. The number of aromatic nitrogens is 2. The van der Waals surface area contributed by atoms with Crippen molar-refractivity contribution in [2.75, 3.05) is 18.0 Å². The molecule has 0 bridgehead atoms. The van der Waals surface area contributed by atoms with Crippen molar-refractivity contribution in [1.82, 2.24) is 14.9 Å². The SMILES string of the molecule is Cc1nc(C2CCCN2C(=O)C2CCC2)nc2c1CCC(=O)N2CC1CCCCC1. The Morgan fingerprint density at radius 2 is 1.77 bits per heavy atom. The fraction of sp³-hybridized carbons (Fsp3) is 0.750. The Labute approximate surface area is 179 Å². The summed E-state index contributed by atoms with van der Waals surface area (Å²) in [4.78, 5) is 39.7. The zero-order valence-corrected chi connectivity index (χ0v) is 18.2. The van der Waals surface area contributed by atoms with E-state index in [4.69, 9.17) is 9.97 Å². The molecule has 5 rings (SSSR count). The lowest BCUT2D eigenvalue weighted by atomic mass is 9.84. The van der Waals surface area contributed by atoms with Crippen LogP contribution < -0.4 is 4.90 Å². The summed E-state index contributed by atoms with van der Waals surface area (Å²) in [5.74, 6) is 2.86. The molecule has 2 saturated carbocycles. The molecule has 0 radical (unpaired) electrons. The van der Waals surface area contributed by atoms with E-state index in [-0.39, 0.29) is 23.8 Å². The minimum absolute atomic E-state index is 0.0318. The van der Waals surface area contributed by atoms with Gasteiger partial charge >= 0.3 is 0 Å². The molecular weight excluding hydrogens is 376 g/mol. The quantitative estimate of drug-likeness (QED) is 0.749. The topological polar surface area (TPSA) is 66.4 Å². The third kappa shape index (κ3) is 3.63. The predicted octanol–water partition coefficient (Wildman–Crippen LogP) is 4.11. The molecule has 1 atom stereocenters. The normalized spacial score (nSPS) is 25.4. The van der Waals surface area contributed by atoms with Crippen molar-refractivity contribution in [2.45, 2.75) is 90.0 Å². The van der Waals surface area contributed by atoms with Gasteiger partial charge in [-0.2, -0.15) is 0 Å². The van der Waals surface area contributed by atoms with E-state index in [2.05, 4.69) is 0 Å². The van der Waals surface area contributed by atoms with Gasteiger partial charge in [-0.05, 0) is 57.8 Å². The first kappa shape index (κ1) is 20.0. The molecule has 0 aromatic carbocycles. The van der Waals surface area contributed by atoms with Crippen molar-refractivity contribution in [1.29, 1.82) is 0 Å². The fourth-order valence-electron chi connectivity index (χ4n) is 5.76. The van der Waals surface area contributed by atoms with E-state index < -0.39 is 0 Å². The minimum atomic E-state index is -0.0318. The first-order valence-electron chi connectivity index (χ1n) is 12.1. The van der Waals surface area contributed by atoms with E-state index in [1.54, 1.807) is 0 Å². The number of nitrogens with zero attached hydrogens (tertiary/aromatic N) is 4. The largest absolute Gasteiger partial charge is 0.332 e. The summed E-state index contributed by atoms with van der Waals surface area (Å²) < 4.78 is 0. The number of hydrogen-bond donors (Lipinski definition) is 0. The molecule has 2 aliphatic carbocycles. The van der Waals surface area contributed by atoms with Crippen molar-refractivity contribution in [3.63, 3.8) is 0 Å². The molecule has 6 heteroatoms. The number of rotatable bonds is 4. The molecule has 3 fully saturated rings. The van der Waals surface area contributed by atoms with E-state index in [9.17, 15) is 9.59 Å². The van der Waals surface area contributed by atoms with Crippen molar-refractivity contribution in [2.24, 2.45) is 11.8 Å². The molecule has 4 aliphatic rings. The smallest absolute Gasteiger partial charge is 0.228 e. The maximum atomic E-state index is 13.0.